The molecule has 1 N–H and O–H groups in total. The van der Waals surface area contributed by atoms with Crippen LogP contribution in [-0.4, -0.2) is 42.3 Å². The molecule has 1 saturated heterocycles. The Kier molecular flexibility index (Phi) is 8.40. The van der Waals surface area contributed by atoms with Crippen LogP contribution in [0.4, 0.5) is 18.0 Å². The number of nitrogens with one attached hydrogen (secondary N) is 1. The molecule has 0 bridgehead atoms. The van der Waals surface area contributed by atoms with Gasteiger partial charge in [0.25, 0.3) is 0 Å². The molecule has 0 radical (unpaired) electrons. The summed E-state index contributed by atoms with van der Waals surface area (Å²) in [6.45, 7) is 7.82. The first-order valence-electron chi connectivity index (χ1n) is 11.5. The van der Waals surface area contributed by atoms with Crippen molar-refractivity contribution in [1.82, 2.24) is 10.2 Å². The zero-order valence-corrected chi connectivity index (χ0v) is 19.5. The van der Waals surface area contributed by atoms with E-state index in [4.69, 9.17) is 4.74 Å². The van der Waals surface area contributed by atoms with E-state index in [9.17, 15) is 18.0 Å². The van der Waals surface area contributed by atoms with Crippen molar-refractivity contribution in [3.05, 3.63) is 71.0 Å². The molecule has 0 aliphatic carbocycles. The van der Waals surface area contributed by atoms with Gasteiger partial charge in [0.05, 0.1) is 0 Å². The van der Waals surface area contributed by atoms with Crippen LogP contribution in [0.25, 0.3) is 0 Å². The number of hydrogen-bond donors (Lipinski definition) is 1. The highest BCUT2D eigenvalue weighted by Crippen LogP contribution is 2.27. The molecule has 0 aromatic heterocycles. The molecular weight excluding hydrogens is 429 g/mol. The number of likely N-dealkylation sites (tertiary alicyclic amines) is 1. The fourth-order valence-corrected chi connectivity index (χ4v) is 4.28. The van der Waals surface area contributed by atoms with E-state index in [1.807, 2.05) is 18.2 Å². The maximum absolute atomic E-state index is 14.3. The predicted molar refractivity (Wildman–Crippen MR) is 123 cm³/mol. The Morgan fingerprint density at radius 3 is 2.52 bits per heavy atom. The normalized spacial score (nSPS) is 18.1. The summed E-state index contributed by atoms with van der Waals surface area (Å²) in [6, 6.07) is 11.3. The Morgan fingerprint density at radius 2 is 1.82 bits per heavy atom. The number of benzene rings is 2. The van der Waals surface area contributed by atoms with E-state index in [1.54, 1.807) is 20.8 Å². The van der Waals surface area contributed by atoms with Crippen molar-refractivity contribution in [1.29, 1.82) is 0 Å². The summed E-state index contributed by atoms with van der Waals surface area (Å²) in [5.74, 6) is -2.72. The number of ether oxygens (including phenoxy) is 1. The van der Waals surface area contributed by atoms with Gasteiger partial charge in [-0.05, 0) is 76.1 Å². The highest BCUT2D eigenvalue weighted by Gasteiger charge is 2.25. The van der Waals surface area contributed by atoms with E-state index >= 15 is 0 Å². The van der Waals surface area contributed by atoms with E-state index in [1.165, 1.54) is 5.56 Å². The number of halogens is 3. The van der Waals surface area contributed by atoms with E-state index in [0.717, 1.165) is 32.0 Å². The molecule has 0 spiro atoms. The third-order valence-electron chi connectivity index (χ3n) is 5.85. The first-order chi connectivity index (χ1) is 15.6. The van der Waals surface area contributed by atoms with Gasteiger partial charge in [-0.1, -0.05) is 30.3 Å². The zero-order valence-electron chi connectivity index (χ0n) is 19.5. The molecule has 7 heteroatoms. The van der Waals surface area contributed by atoms with Gasteiger partial charge in [0, 0.05) is 25.2 Å². The van der Waals surface area contributed by atoms with Crippen LogP contribution in [0.2, 0.25) is 0 Å². The monoisotopic (exact) mass is 462 g/mol. The van der Waals surface area contributed by atoms with Gasteiger partial charge in [0.1, 0.15) is 11.4 Å². The number of nitrogens with zero attached hydrogens (tertiary/aromatic N) is 1. The SMILES string of the molecule is CC(C)(C)OC(=O)NC(CCN1CCC[C@H](c2ccccc2)C1)Cc1cc(F)c(F)cc1F. The molecule has 2 atom stereocenters. The van der Waals surface area contributed by atoms with Crippen molar-refractivity contribution in [3.63, 3.8) is 0 Å². The molecule has 1 heterocycles. The Hall–Kier alpha value is -2.54. The van der Waals surface area contributed by atoms with Crippen LogP contribution in [0.1, 0.15) is 57.1 Å². The minimum atomic E-state index is -1.23. The van der Waals surface area contributed by atoms with Crippen LogP contribution >= 0.6 is 0 Å². The van der Waals surface area contributed by atoms with Crippen LogP contribution in [0, 0.1) is 17.5 Å². The summed E-state index contributed by atoms with van der Waals surface area (Å²) in [7, 11) is 0. The molecule has 2 aromatic rings. The lowest BCUT2D eigenvalue weighted by atomic mass is 9.90. The number of carbonyl (C=O) groups excluding carboxylic acids is 1. The van der Waals surface area contributed by atoms with Crippen LogP contribution in [0.5, 0.6) is 0 Å². The van der Waals surface area contributed by atoms with Crippen molar-refractivity contribution in [2.45, 2.75) is 64.0 Å². The second-order valence-electron chi connectivity index (χ2n) is 9.74. The summed E-state index contributed by atoms with van der Waals surface area (Å²) in [5.41, 5.74) is 0.655. The second kappa shape index (κ2) is 11.1. The van der Waals surface area contributed by atoms with Crippen molar-refractivity contribution >= 4 is 6.09 Å². The van der Waals surface area contributed by atoms with Gasteiger partial charge in [0.15, 0.2) is 11.6 Å². The highest BCUT2D eigenvalue weighted by molar-refractivity contribution is 5.68. The quantitative estimate of drug-likeness (QED) is 0.528. The fraction of sp³-hybridized carbons (Fsp3) is 0.500. The van der Waals surface area contributed by atoms with Crippen molar-refractivity contribution < 1.29 is 22.7 Å². The maximum atomic E-state index is 14.3. The van der Waals surface area contributed by atoms with Crippen molar-refractivity contribution in [2.24, 2.45) is 0 Å². The molecule has 1 fully saturated rings. The largest absolute Gasteiger partial charge is 0.444 e. The smallest absolute Gasteiger partial charge is 0.407 e. The Bertz CT molecular complexity index is 931. The molecular formula is C26H33F3N2O2. The summed E-state index contributed by atoms with van der Waals surface area (Å²) < 4.78 is 46.7. The number of carbonyl (C=O) groups is 1. The van der Waals surface area contributed by atoms with E-state index in [-0.39, 0.29) is 12.0 Å². The average molecular weight is 463 g/mol. The van der Waals surface area contributed by atoms with E-state index in [2.05, 4.69) is 22.3 Å². The van der Waals surface area contributed by atoms with Gasteiger partial charge in [-0.25, -0.2) is 18.0 Å². The van der Waals surface area contributed by atoms with Crippen molar-refractivity contribution in [2.75, 3.05) is 19.6 Å². The number of hydrogen-bond acceptors (Lipinski definition) is 3. The Labute approximate surface area is 194 Å². The molecule has 3 rings (SSSR count). The summed E-state index contributed by atoms with van der Waals surface area (Å²) in [5, 5.41) is 2.80. The van der Waals surface area contributed by atoms with E-state index < -0.39 is 35.2 Å². The molecule has 33 heavy (non-hydrogen) atoms. The van der Waals surface area contributed by atoms with Crippen LogP contribution < -0.4 is 5.32 Å². The molecule has 1 aliphatic heterocycles. The van der Waals surface area contributed by atoms with Gasteiger partial charge in [-0.3, -0.25) is 0 Å². The zero-order chi connectivity index (χ0) is 24.0. The molecule has 2 aromatic carbocycles. The summed E-state index contributed by atoms with van der Waals surface area (Å²) >= 11 is 0. The summed E-state index contributed by atoms with van der Waals surface area (Å²) in [4.78, 5) is 14.7. The predicted octanol–water partition coefficient (Wildman–Crippen LogP) is 5.81. The second-order valence-corrected chi connectivity index (χ2v) is 9.74. The van der Waals surface area contributed by atoms with Crippen LogP contribution in [0.15, 0.2) is 42.5 Å². The lowest BCUT2D eigenvalue weighted by Crippen LogP contribution is -2.43. The number of rotatable bonds is 7. The number of alkyl carbamates (subject to hydrolysis) is 1. The summed E-state index contributed by atoms with van der Waals surface area (Å²) in [6.07, 6.45) is 2.15. The van der Waals surface area contributed by atoms with Gasteiger partial charge < -0.3 is 15.0 Å². The third-order valence-corrected chi connectivity index (χ3v) is 5.85. The highest BCUT2D eigenvalue weighted by atomic mass is 19.2. The Balaban J connectivity index is 1.67. The first kappa shape index (κ1) is 25.1. The standard InChI is InChI=1S/C26H33F3N2O2/c1-26(2,3)33-25(32)30-21(14-20-15-23(28)24(29)16-22(20)27)11-13-31-12-7-10-19(17-31)18-8-5-4-6-9-18/h4-6,8-9,15-16,19,21H,7,10-14,17H2,1-3H3,(H,30,32)/t19-,21?/m0/s1. The maximum Gasteiger partial charge on any atom is 0.407 e. The topological polar surface area (TPSA) is 41.6 Å². The average Bonchev–Trinajstić information content (AvgIpc) is 2.75. The van der Waals surface area contributed by atoms with Crippen molar-refractivity contribution in [3.8, 4) is 0 Å². The third kappa shape index (κ3) is 7.77. The number of amides is 1. The fourth-order valence-electron chi connectivity index (χ4n) is 4.28. The van der Waals surface area contributed by atoms with Gasteiger partial charge in [-0.15, -0.1) is 0 Å². The molecule has 1 amide bonds. The lowest BCUT2D eigenvalue weighted by molar-refractivity contribution is 0.0497. The van der Waals surface area contributed by atoms with Gasteiger partial charge in [-0.2, -0.15) is 0 Å². The number of piperidine rings is 1. The van der Waals surface area contributed by atoms with Gasteiger partial charge in [0.2, 0.25) is 0 Å². The molecule has 1 aliphatic rings. The molecule has 0 saturated carbocycles. The minimum Gasteiger partial charge on any atom is -0.444 e. The van der Waals surface area contributed by atoms with Crippen LogP contribution in [0.3, 0.4) is 0 Å². The minimum absolute atomic E-state index is 0.0239. The molecule has 1 unspecified atom stereocenters. The molecule has 4 nitrogen and oxygen atoms in total. The van der Waals surface area contributed by atoms with Crippen LogP contribution in [-0.2, 0) is 11.2 Å². The Morgan fingerprint density at radius 1 is 1.12 bits per heavy atom. The van der Waals surface area contributed by atoms with Gasteiger partial charge >= 0.3 is 6.09 Å². The lowest BCUT2D eigenvalue weighted by Gasteiger charge is -2.34. The first-order valence-corrected chi connectivity index (χ1v) is 11.5. The molecule has 180 valence electrons. The van der Waals surface area contributed by atoms with E-state index in [0.29, 0.717) is 24.9 Å².